The van der Waals surface area contributed by atoms with E-state index in [9.17, 15) is 24.1 Å². The Labute approximate surface area is 175 Å². The quantitative estimate of drug-likeness (QED) is 0.457. The maximum absolute atomic E-state index is 14.9. The van der Waals surface area contributed by atoms with Gasteiger partial charge in [-0.15, -0.1) is 0 Å². The Morgan fingerprint density at radius 2 is 2.10 bits per heavy atom. The van der Waals surface area contributed by atoms with Crippen molar-refractivity contribution in [3.05, 3.63) is 32.0 Å². The number of fused-ring (bicyclic) bond motifs is 2. The molecule has 2 aliphatic heterocycles. The third kappa shape index (κ3) is 4.29. The molecule has 11 heteroatoms. The number of halogens is 2. The Hall–Kier alpha value is -2.43. The zero-order valence-electron chi connectivity index (χ0n) is 16.2. The molecule has 1 unspecified atom stereocenters. The van der Waals surface area contributed by atoms with Gasteiger partial charge in [0, 0.05) is 32.1 Å². The van der Waals surface area contributed by atoms with Gasteiger partial charge in [0.2, 0.25) is 5.82 Å². The summed E-state index contributed by atoms with van der Waals surface area (Å²) in [7, 11) is 0. The first-order valence-corrected chi connectivity index (χ1v) is 9.87. The molecule has 0 bridgehead atoms. The third-order valence-electron chi connectivity index (χ3n) is 4.66. The summed E-state index contributed by atoms with van der Waals surface area (Å²) < 4.78 is 25.7. The molecule has 29 heavy (non-hydrogen) atoms. The highest BCUT2D eigenvalue weighted by molar-refractivity contribution is 9.10. The molecular weight excluding hydrogens is 453 g/mol. The van der Waals surface area contributed by atoms with E-state index in [1.54, 1.807) is 20.8 Å². The van der Waals surface area contributed by atoms with Gasteiger partial charge >= 0.3 is 11.8 Å². The summed E-state index contributed by atoms with van der Waals surface area (Å²) in [5.41, 5.74) is -1.93. The standard InChI is InChI=1S/C18H21BrFN3O6/c1-18(2,3)29-17(25)21-5-6-22-10(9-21)4-7-28-12-8-11(19)15(23(26)27)14(20)13(12)16(22)24/h8,10H,4-7,9H2,1-3H3. The second kappa shape index (κ2) is 7.77. The normalized spacial score (nSPS) is 19.5. The Kier molecular flexibility index (Phi) is 5.70. The number of amides is 2. The Balaban J connectivity index is 1.89. The zero-order chi connectivity index (χ0) is 21.5. The summed E-state index contributed by atoms with van der Waals surface area (Å²) in [5, 5.41) is 11.2. The SMILES string of the molecule is CC(C)(C)OC(=O)N1CCN2C(=O)c3c(cc(Br)c([N+](=O)[O-])c3F)OCCC2C1. The van der Waals surface area contributed by atoms with Crippen LogP contribution in [0.25, 0.3) is 0 Å². The van der Waals surface area contributed by atoms with Gasteiger partial charge in [-0.2, -0.15) is 4.39 Å². The fraction of sp³-hybridized carbons (Fsp3) is 0.556. The predicted molar refractivity (Wildman–Crippen MR) is 103 cm³/mol. The average Bonchev–Trinajstić information content (AvgIpc) is 2.58. The van der Waals surface area contributed by atoms with Gasteiger partial charge in [0.25, 0.3) is 5.91 Å². The lowest BCUT2D eigenvalue weighted by molar-refractivity contribution is -0.388. The monoisotopic (exact) mass is 473 g/mol. The van der Waals surface area contributed by atoms with E-state index in [0.717, 1.165) is 0 Å². The van der Waals surface area contributed by atoms with E-state index in [2.05, 4.69) is 15.9 Å². The summed E-state index contributed by atoms with van der Waals surface area (Å²) in [6.07, 6.45) is -0.0699. The van der Waals surface area contributed by atoms with E-state index < -0.39 is 45.6 Å². The highest BCUT2D eigenvalue weighted by atomic mass is 79.9. The fourth-order valence-corrected chi connectivity index (χ4v) is 3.90. The van der Waals surface area contributed by atoms with E-state index in [-0.39, 0.29) is 36.5 Å². The van der Waals surface area contributed by atoms with E-state index >= 15 is 0 Å². The van der Waals surface area contributed by atoms with Crippen LogP contribution in [-0.2, 0) is 4.74 Å². The van der Waals surface area contributed by atoms with Crippen molar-refractivity contribution in [2.45, 2.75) is 38.8 Å². The average molecular weight is 474 g/mol. The van der Waals surface area contributed by atoms with Crippen molar-refractivity contribution in [1.29, 1.82) is 0 Å². The Bertz CT molecular complexity index is 872. The minimum absolute atomic E-state index is 0.0435. The molecule has 2 heterocycles. The minimum Gasteiger partial charge on any atom is -0.493 e. The number of carbonyl (C=O) groups is 2. The van der Waals surface area contributed by atoms with E-state index in [1.807, 2.05) is 0 Å². The second-order valence-corrected chi connectivity index (χ2v) is 8.72. The highest BCUT2D eigenvalue weighted by Gasteiger charge is 2.40. The van der Waals surface area contributed by atoms with E-state index in [0.29, 0.717) is 6.42 Å². The molecule has 0 radical (unpaired) electrons. The fourth-order valence-electron chi connectivity index (χ4n) is 3.38. The van der Waals surface area contributed by atoms with Gasteiger partial charge < -0.3 is 19.3 Å². The first kappa shape index (κ1) is 21.3. The molecule has 158 valence electrons. The molecule has 0 aromatic heterocycles. The summed E-state index contributed by atoms with van der Waals surface area (Å²) >= 11 is 2.96. The predicted octanol–water partition coefficient (Wildman–Crippen LogP) is 3.34. The van der Waals surface area contributed by atoms with Gasteiger partial charge in [0.1, 0.15) is 21.4 Å². The van der Waals surface area contributed by atoms with Crippen LogP contribution in [0.3, 0.4) is 0 Å². The number of carbonyl (C=O) groups excluding carboxylic acids is 2. The minimum atomic E-state index is -1.24. The molecule has 0 saturated carbocycles. The maximum atomic E-state index is 14.9. The second-order valence-electron chi connectivity index (χ2n) is 7.87. The molecule has 1 atom stereocenters. The number of nitrogens with zero attached hydrogens (tertiary/aromatic N) is 3. The summed E-state index contributed by atoms with van der Waals surface area (Å²) in [6.45, 7) is 6.03. The van der Waals surface area contributed by atoms with Crippen LogP contribution in [0.1, 0.15) is 37.6 Å². The number of rotatable bonds is 1. The molecule has 1 aromatic carbocycles. The van der Waals surface area contributed by atoms with Gasteiger partial charge in [-0.3, -0.25) is 14.9 Å². The van der Waals surface area contributed by atoms with E-state index in [1.165, 1.54) is 15.9 Å². The maximum Gasteiger partial charge on any atom is 0.410 e. The lowest BCUT2D eigenvalue weighted by atomic mass is 10.0. The third-order valence-corrected chi connectivity index (χ3v) is 5.26. The van der Waals surface area contributed by atoms with Gasteiger partial charge in [-0.05, 0) is 36.7 Å². The molecule has 9 nitrogen and oxygen atoms in total. The summed E-state index contributed by atoms with van der Waals surface area (Å²) in [4.78, 5) is 38.7. The summed E-state index contributed by atoms with van der Waals surface area (Å²) in [5.74, 6) is -1.97. The molecule has 0 aliphatic carbocycles. The van der Waals surface area contributed by atoms with Crippen molar-refractivity contribution >= 4 is 33.6 Å². The Morgan fingerprint density at radius 3 is 2.72 bits per heavy atom. The number of piperazine rings is 1. The van der Waals surface area contributed by atoms with Crippen LogP contribution in [-0.4, -0.2) is 64.6 Å². The Morgan fingerprint density at radius 1 is 1.41 bits per heavy atom. The van der Waals surface area contributed by atoms with Crippen molar-refractivity contribution < 1.29 is 28.4 Å². The van der Waals surface area contributed by atoms with Crippen molar-refractivity contribution in [3.63, 3.8) is 0 Å². The number of benzene rings is 1. The smallest absolute Gasteiger partial charge is 0.410 e. The van der Waals surface area contributed by atoms with Crippen LogP contribution in [0.4, 0.5) is 14.9 Å². The number of nitro benzene ring substituents is 1. The van der Waals surface area contributed by atoms with Crippen LogP contribution in [0.15, 0.2) is 10.5 Å². The van der Waals surface area contributed by atoms with Gasteiger partial charge in [-0.1, -0.05) is 0 Å². The van der Waals surface area contributed by atoms with E-state index in [4.69, 9.17) is 9.47 Å². The van der Waals surface area contributed by atoms with Crippen molar-refractivity contribution in [3.8, 4) is 5.75 Å². The molecule has 3 rings (SSSR count). The first-order chi connectivity index (χ1) is 13.5. The van der Waals surface area contributed by atoms with Crippen LogP contribution >= 0.6 is 15.9 Å². The van der Waals surface area contributed by atoms with Crippen LogP contribution < -0.4 is 4.74 Å². The number of hydrogen-bond acceptors (Lipinski definition) is 6. The van der Waals surface area contributed by atoms with Gasteiger partial charge in [0.05, 0.1) is 17.6 Å². The molecular formula is C18H21BrFN3O6. The lowest BCUT2D eigenvalue weighted by Crippen LogP contribution is -2.58. The van der Waals surface area contributed by atoms with Crippen molar-refractivity contribution in [2.75, 3.05) is 26.2 Å². The largest absolute Gasteiger partial charge is 0.493 e. The van der Waals surface area contributed by atoms with Gasteiger partial charge in [-0.25, -0.2) is 4.79 Å². The topological polar surface area (TPSA) is 102 Å². The zero-order valence-corrected chi connectivity index (χ0v) is 17.8. The van der Waals surface area contributed by atoms with Crippen LogP contribution in [0, 0.1) is 15.9 Å². The van der Waals surface area contributed by atoms with Crippen LogP contribution in [0.5, 0.6) is 5.75 Å². The van der Waals surface area contributed by atoms with Crippen molar-refractivity contribution in [1.82, 2.24) is 9.80 Å². The summed E-state index contributed by atoms with van der Waals surface area (Å²) in [6, 6.07) is 0.824. The van der Waals surface area contributed by atoms with Crippen molar-refractivity contribution in [2.24, 2.45) is 0 Å². The van der Waals surface area contributed by atoms with Crippen LogP contribution in [0.2, 0.25) is 0 Å². The number of hydrogen-bond donors (Lipinski definition) is 0. The molecule has 0 spiro atoms. The first-order valence-electron chi connectivity index (χ1n) is 9.07. The molecule has 0 N–H and O–H groups in total. The lowest BCUT2D eigenvalue weighted by Gasteiger charge is -2.42. The molecule has 1 fully saturated rings. The van der Waals surface area contributed by atoms with Gasteiger partial charge in [0.15, 0.2) is 0 Å². The molecule has 1 saturated heterocycles. The number of ether oxygens (including phenoxy) is 2. The highest BCUT2D eigenvalue weighted by Crippen LogP contribution is 2.38. The number of nitro groups is 1. The molecule has 1 aromatic rings. The molecule has 2 amide bonds. The molecule has 2 aliphatic rings.